The van der Waals surface area contributed by atoms with E-state index >= 15 is 0 Å². The molecule has 20 heavy (non-hydrogen) atoms. The van der Waals surface area contributed by atoms with Crippen molar-refractivity contribution >= 4 is 21.6 Å². The highest BCUT2D eigenvalue weighted by atomic mass is 35.5. The lowest BCUT2D eigenvalue weighted by Crippen LogP contribution is -2.34. The molecule has 2 N–H and O–H groups in total. The SMILES string of the molecule is CC(C)(CCCO)CNS(=O)(=O)c1cccc(Cl)c1F. The van der Waals surface area contributed by atoms with E-state index in [0.717, 1.165) is 0 Å². The smallest absolute Gasteiger partial charge is 0.243 e. The average molecular weight is 324 g/mol. The molecule has 0 aromatic heterocycles. The van der Waals surface area contributed by atoms with Gasteiger partial charge in [0.1, 0.15) is 4.90 Å². The van der Waals surface area contributed by atoms with Crippen LogP contribution >= 0.6 is 11.6 Å². The van der Waals surface area contributed by atoms with Crippen LogP contribution in [0.2, 0.25) is 5.02 Å². The molecule has 1 aromatic carbocycles. The maximum absolute atomic E-state index is 13.7. The molecule has 1 aromatic rings. The minimum Gasteiger partial charge on any atom is -0.396 e. The molecule has 0 saturated heterocycles. The van der Waals surface area contributed by atoms with Gasteiger partial charge in [-0.05, 0) is 30.4 Å². The normalized spacial score (nSPS) is 12.7. The van der Waals surface area contributed by atoms with E-state index in [-0.39, 0.29) is 23.6 Å². The Morgan fingerprint density at radius 2 is 2.05 bits per heavy atom. The molecule has 4 nitrogen and oxygen atoms in total. The molecule has 0 aliphatic carbocycles. The predicted octanol–water partition coefficient (Wildman–Crippen LogP) is 2.56. The third-order valence-corrected chi connectivity index (χ3v) is 4.67. The highest BCUT2D eigenvalue weighted by Crippen LogP contribution is 2.24. The Balaban J connectivity index is 2.83. The molecule has 0 atom stereocenters. The highest BCUT2D eigenvalue weighted by Gasteiger charge is 2.24. The summed E-state index contributed by atoms with van der Waals surface area (Å²) >= 11 is 5.58. The number of nitrogens with one attached hydrogen (secondary N) is 1. The average Bonchev–Trinajstić information content (AvgIpc) is 2.37. The molecule has 1 rings (SSSR count). The van der Waals surface area contributed by atoms with Gasteiger partial charge in [-0.2, -0.15) is 0 Å². The third kappa shape index (κ3) is 4.70. The number of aliphatic hydroxyl groups is 1. The Bertz CT molecular complexity index is 561. The lowest BCUT2D eigenvalue weighted by molar-refractivity contribution is 0.242. The van der Waals surface area contributed by atoms with E-state index in [1.165, 1.54) is 18.2 Å². The monoisotopic (exact) mass is 323 g/mol. The van der Waals surface area contributed by atoms with Gasteiger partial charge in [0.2, 0.25) is 10.0 Å². The molecular formula is C13H19ClFNO3S. The van der Waals surface area contributed by atoms with Gasteiger partial charge < -0.3 is 5.11 Å². The van der Waals surface area contributed by atoms with Crippen LogP contribution in [-0.2, 0) is 10.0 Å². The Kier molecular flexibility index (Phi) is 5.94. The molecule has 0 bridgehead atoms. The fourth-order valence-electron chi connectivity index (χ4n) is 1.71. The summed E-state index contributed by atoms with van der Waals surface area (Å²) in [4.78, 5) is -0.456. The molecule has 0 spiro atoms. The largest absolute Gasteiger partial charge is 0.396 e. The minimum atomic E-state index is -3.94. The van der Waals surface area contributed by atoms with Gasteiger partial charge >= 0.3 is 0 Å². The van der Waals surface area contributed by atoms with Gasteiger partial charge in [-0.15, -0.1) is 0 Å². The second kappa shape index (κ2) is 6.85. The number of hydrogen-bond acceptors (Lipinski definition) is 3. The van der Waals surface area contributed by atoms with E-state index in [1.807, 2.05) is 13.8 Å². The third-order valence-electron chi connectivity index (χ3n) is 2.96. The summed E-state index contributed by atoms with van der Waals surface area (Å²) in [7, 11) is -3.94. The molecule has 0 unspecified atom stereocenters. The molecule has 0 radical (unpaired) electrons. The van der Waals surface area contributed by atoms with Gasteiger partial charge in [0.15, 0.2) is 5.82 Å². The first-order chi connectivity index (χ1) is 9.19. The zero-order chi connectivity index (χ0) is 15.4. The molecule has 0 aliphatic rings. The van der Waals surface area contributed by atoms with Gasteiger partial charge in [-0.25, -0.2) is 17.5 Å². The molecule has 0 heterocycles. The highest BCUT2D eigenvalue weighted by molar-refractivity contribution is 7.89. The van der Waals surface area contributed by atoms with E-state index in [4.69, 9.17) is 16.7 Å². The van der Waals surface area contributed by atoms with Gasteiger partial charge in [0.25, 0.3) is 0 Å². The quantitative estimate of drug-likeness (QED) is 0.810. The van der Waals surface area contributed by atoms with Crippen LogP contribution in [0.4, 0.5) is 4.39 Å². The van der Waals surface area contributed by atoms with Crippen LogP contribution in [0.25, 0.3) is 0 Å². The summed E-state index contributed by atoms with van der Waals surface area (Å²) < 4.78 is 40.3. The number of rotatable bonds is 7. The van der Waals surface area contributed by atoms with Crippen LogP contribution < -0.4 is 4.72 Å². The van der Waals surface area contributed by atoms with Crippen LogP contribution in [0.15, 0.2) is 23.1 Å². The number of benzene rings is 1. The van der Waals surface area contributed by atoms with Crippen LogP contribution in [0.3, 0.4) is 0 Å². The Morgan fingerprint density at radius 1 is 1.40 bits per heavy atom. The molecule has 114 valence electrons. The summed E-state index contributed by atoms with van der Waals surface area (Å²) in [6.07, 6.45) is 1.24. The molecule has 0 fully saturated rings. The van der Waals surface area contributed by atoms with Crippen LogP contribution in [-0.4, -0.2) is 26.7 Å². The first kappa shape index (κ1) is 17.4. The Labute approximate surface area is 124 Å². The lowest BCUT2D eigenvalue weighted by Gasteiger charge is -2.24. The summed E-state index contributed by atoms with van der Waals surface area (Å²) in [6, 6.07) is 3.85. The van der Waals surface area contributed by atoms with Crippen molar-refractivity contribution in [3.8, 4) is 0 Å². The maximum atomic E-state index is 13.7. The Hall–Kier alpha value is -0.690. The maximum Gasteiger partial charge on any atom is 0.243 e. The zero-order valence-corrected chi connectivity index (χ0v) is 13.1. The standard InChI is InChI=1S/C13H19ClFNO3S/c1-13(2,7-4-8-17)9-16-20(18,19)11-6-3-5-10(14)12(11)15/h3,5-6,16-17H,4,7-9H2,1-2H3. The molecule has 0 saturated carbocycles. The first-order valence-electron chi connectivity index (χ1n) is 6.24. The summed E-state index contributed by atoms with van der Waals surface area (Å²) in [5.74, 6) is -0.949. The number of hydrogen-bond donors (Lipinski definition) is 2. The zero-order valence-electron chi connectivity index (χ0n) is 11.5. The summed E-state index contributed by atoms with van der Waals surface area (Å²) in [5.41, 5.74) is -0.329. The van der Waals surface area contributed by atoms with Gasteiger partial charge in [0.05, 0.1) is 5.02 Å². The molecule has 7 heteroatoms. The van der Waals surface area contributed by atoms with Crippen molar-refractivity contribution in [2.45, 2.75) is 31.6 Å². The van der Waals surface area contributed by atoms with Gasteiger partial charge in [0, 0.05) is 13.2 Å². The predicted molar refractivity (Wildman–Crippen MR) is 76.7 cm³/mol. The number of aliphatic hydroxyl groups excluding tert-OH is 1. The van der Waals surface area contributed by atoms with Crippen molar-refractivity contribution in [2.24, 2.45) is 5.41 Å². The van der Waals surface area contributed by atoms with Gasteiger partial charge in [-0.3, -0.25) is 0 Å². The number of halogens is 2. The van der Waals surface area contributed by atoms with Crippen LogP contribution in [0, 0.1) is 11.2 Å². The van der Waals surface area contributed by atoms with Crippen molar-refractivity contribution in [3.63, 3.8) is 0 Å². The summed E-state index contributed by atoms with van der Waals surface area (Å²) in [6.45, 7) is 3.96. The van der Waals surface area contributed by atoms with Crippen molar-refractivity contribution < 1.29 is 17.9 Å². The number of sulfonamides is 1. The van der Waals surface area contributed by atoms with Crippen LogP contribution in [0.5, 0.6) is 0 Å². The fraction of sp³-hybridized carbons (Fsp3) is 0.538. The Morgan fingerprint density at radius 3 is 2.65 bits per heavy atom. The van der Waals surface area contributed by atoms with E-state index in [9.17, 15) is 12.8 Å². The van der Waals surface area contributed by atoms with E-state index in [0.29, 0.717) is 12.8 Å². The van der Waals surface area contributed by atoms with E-state index in [1.54, 1.807) is 0 Å². The lowest BCUT2D eigenvalue weighted by atomic mass is 9.88. The first-order valence-corrected chi connectivity index (χ1v) is 8.10. The van der Waals surface area contributed by atoms with Gasteiger partial charge in [-0.1, -0.05) is 31.5 Å². The van der Waals surface area contributed by atoms with Crippen molar-refractivity contribution in [2.75, 3.05) is 13.2 Å². The van der Waals surface area contributed by atoms with E-state index < -0.39 is 20.7 Å². The van der Waals surface area contributed by atoms with Crippen LogP contribution in [0.1, 0.15) is 26.7 Å². The summed E-state index contributed by atoms with van der Waals surface area (Å²) in [5, 5.41) is 8.57. The van der Waals surface area contributed by atoms with Crippen molar-refractivity contribution in [3.05, 3.63) is 29.0 Å². The van der Waals surface area contributed by atoms with E-state index in [2.05, 4.69) is 4.72 Å². The molecule has 0 aliphatic heterocycles. The molecule has 0 amide bonds. The fourth-order valence-corrected chi connectivity index (χ4v) is 3.28. The second-order valence-corrected chi connectivity index (χ2v) is 7.51. The molecular weight excluding hydrogens is 305 g/mol. The minimum absolute atomic E-state index is 0.0547. The van der Waals surface area contributed by atoms with Crippen molar-refractivity contribution in [1.29, 1.82) is 0 Å². The topological polar surface area (TPSA) is 66.4 Å². The van der Waals surface area contributed by atoms with Crippen molar-refractivity contribution in [1.82, 2.24) is 4.72 Å². The second-order valence-electron chi connectivity index (χ2n) is 5.37.